The molecule has 2 aromatic rings. The molecule has 0 radical (unpaired) electrons. The Labute approximate surface area is 121 Å². The molecule has 20 heavy (non-hydrogen) atoms. The highest BCUT2D eigenvalue weighted by molar-refractivity contribution is 7.99. The number of carbonyl (C=O) groups is 1. The Morgan fingerprint density at radius 3 is 2.85 bits per heavy atom. The zero-order valence-corrected chi connectivity index (χ0v) is 11.8. The van der Waals surface area contributed by atoms with Crippen molar-refractivity contribution in [3.05, 3.63) is 36.5 Å². The predicted molar refractivity (Wildman–Crippen MR) is 79.7 cm³/mol. The van der Waals surface area contributed by atoms with Gasteiger partial charge in [0.05, 0.1) is 17.6 Å². The lowest BCUT2D eigenvalue weighted by atomic mass is 10.2. The van der Waals surface area contributed by atoms with E-state index in [1.807, 2.05) is 30.3 Å². The topological polar surface area (TPSA) is 72.9 Å². The number of thioether (sulfide) groups is 1. The maximum absolute atomic E-state index is 11.6. The van der Waals surface area contributed by atoms with Gasteiger partial charge in [-0.2, -0.15) is 0 Å². The van der Waals surface area contributed by atoms with Crippen LogP contribution in [0.1, 0.15) is 12.8 Å². The van der Waals surface area contributed by atoms with Gasteiger partial charge in [0.2, 0.25) is 5.91 Å². The van der Waals surface area contributed by atoms with Crippen molar-refractivity contribution in [1.29, 1.82) is 0 Å². The molecule has 0 unspecified atom stereocenters. The molecule has 104 valence electrons. The van der Waals surface area contributed by atoms with Crippen molar-refractivity contribution in [3.8, 4) is 11.3 Å². The van der Waals surface area contributed by atoms with E-state index in [4.69, 9.17) is 5.84 Å². The lowest BCUT2D eigenvalue weighted by molar-refractivity contribution is -0.118. The number of amides is 1. The summed E-state index contributed by atoms with van der Waals surface area (Å²) in [7, 11) is 0. The number of aromatic nitrogens is 2. The molecule has 0 saturated heterocycles. The van der Waals surface area contributed by atoms with Crippen LogP contribution in [0, 0.1) is 0 Å². The third-order valence-electron chi connectivity index (χ3n) is 3.04. The van der Waals surface area contributed by atoms with Crippen LogP contribution in [0.25, 0.3) is 11.3 Å². The Morgan fingerprint density at radius 2 is 2.15 bits per heavy atom. The number of nitrogens with zero attached hydrogens (tertiary/aromatic N) is 2. The summed E-state index contributed by atoms with van der Waals surface area (Å²) in [6.07, 6.45) is 3.97. The average molecular weight is 288 g/mol. The predicted octanol–water partition coefficient (Wildman–Crippen LogP) is 1.63. The van der Waals surface area contributed by atoms with E-state index in [2.05, 4.69) is 10.3 Å². The van der Waals surface area contributed by atoms with E-state index in [-0.39, 0.29) is 5.91 Å². The highest BCUT2D eigenvalue weighted by Crippen LogP contribution is 2.23. The van der Waals surface area contributed by atoms with Crippen LogP contribution in [-0.4, -0.2) is 27.4 Å². The minimum absolute atomic E-state index is 0.0433. The molecule has 1 aromatic carbocycles. The standard InChI is InChI=1S/C14H16N4OS/c15-18-8-12(10-4-2-1-3-5-10)17-14(18)20-9-13(19)16-11-6-7-11/h1-5,8,11H,6-7,9,15H2,(H,16,19). The largest absolute Gasteiger partial charge is 0.353 e. The number of nitrogens with two attached hydrogens (primary N) is 1. The molecule has 1 aliphatic carbocycles. The van der Waals surface area contributed by atoms with Gasteiger partial charge in [0.25, 0.3) is 0 Å². The zero-order chi connectivity index (χ0) is 13.9. The second-order valence-corrected chi connectivity index (χ2v) is 5.75. The molecule has 1 aliphatic rings. The van der Waals surface area contributed by atoms with Gasteiger partial charge in [-0.3, -0.25) is 4.79 Å². The first-order valence-electron chi connectivity index (χ1n) is 6.54. The fourth-order valence-corrected chi connectivity index (χ4v) is 2.57. The highest BCUT2D eigenvalue weighted by atomic mass is 32.2. The summed E-state index contributed by atoms with van der Waals surface area (Å²) < 4.78 is 1.47. The van der Waals surface area contributed by atoms with Gasteiger partial charge in [0.1, 0.15) is 0 Å². The number of hydrogen-bond donors (Lipinski definition) is 2. The fourth-order valence-electron chi connectivity index (χ4n) is 1.86. The van der Waals surface area contributed by atoms with E-state index >= 15 is 0 Å². The van der Waals surface area contributed by atoms with Gasteiger partial charge in [0.15, 0.2) is 5.16 Å². The molecule has 0 spiro atoms. The minimum atomic E-state index is 0.0433. The van der Waals surface area contributed by atoms with Crippen LogP contribution in [0.15, 0.2) is 41.7 Å². The van der Waals surface area contributed by atoms with Crippen LogP contribution in [0.4, 0.5) is 0 Å². The number of hydrogen-bond acceptors (Lipinski definition) is 4. The Balaban J connectivity index is 1.64. The molecule has 1 aromatic heterocycles. The summed E-state index contributed by atoms with van der Waals surface area (Å²) >= 11 is 1.36. The SMILES string of the molecule is Nn1cc(-c2ccccc2)nc1SCC(=O)NC1CC1. The number of imidazole rings is 1. The minimum Gasteiger partial charge on any atom is -0.353 e. The molecule has 1 saturated carbocycles. The van der Waals surface area contributed by atoms with Gasteiger partial charge in [0, 0.05) is 11.6 Å². The van der Waals surface area contributed by atoms with Gasteiger partial charge in [-0.15, -0.1) is 0 Å². The second kappa shape index (κ2) is 5.58. The first kappa shape index (κ1) is 13.1. The van der Waals surface area contributed by atoms with Gasteiger partial charge < -0.3 is 11.2 Å². The molecule has 1 fully saturated rings. The summed E-state index contributed by atoms with van der Waals surface area (Å²) in [5, 5.41) is 3.59. The van der Waals surface area contributed by atoms with E-state index in [1.54, 1.807) is 6.20 Å². The molecule has 6 heteroatoms. The Morgan fingerprint density at radius 1 is 1.40 bits per heavy atom. The molecular weight excluding hydrogens is 272 g/mol. The lowest BCUT2D eigenvalue weighted by Crippen LogP contribution is -2.27. The van der Waals surface area contributed by atoms with Crippen molar-refractivity contribution < 1.29 is 4.79 Å². The van der Waals surface area contributed by atoms with Crippen molar-refractivity contribution in [2.24, 2.45) is 0 Å². The molecule has 0 bridgehead atoms. The van der Waals surface area contributed by atoms with Crippen LogP contribution in [0.3, 0.4) is 0 Å². The lowest BCUT2D eigenvalue weighted by Gasteiger charge is -2.02. The first-order valence-corrected chi connectivity index (χ1v) is 7.53. The van der Waals surface area contributed by atoms with Crippen LogP contribution in [0.2, 0.25) is 0 Å². The molecule has 0 atom stereocenters. The van der Waals surface area contributed by atoms with Crippen molar-refractivity contribution in [3.63, 3.8) is 0 Å². The van der Waals surface area contributed by atoms with Gasteiger partial charge >= 0.3 is 0 Å². The van der Waals surface area contributed by atoms with E-state index < -0.39 is 0 Å². The molecule has 1 heterocycles. The number of rotatable bonds is 5. The summed E-state index contributed by atoms with van der Waals surface area (Å²) in [4.78, 5) is 16.1. The quantitative estimate of drug-likeness (QED) is 0.648. The van der Waals surface area contributed by atoms with E-state index in [0.29, 0.717) is 17.0 Å². The van der Waals surface area contributed by atoms with Gasteiger partial charge in [-0.1, -0.05) is 42.1 Å². The molecular formula is C14H16N4OS. The van der Waals surface area contributed by atoms with Crippen LogP contribution in [-0.2, 0) is 4.79 Å². The fraction of sp³-hybridized carbons (Fsp3) is 0.286. The summed E-state index contributed by atoms with van der Waals surface area (Å²) in [6.45, 7) is 0. The number of carbonyl (C=O) groups excluding carboxylic acids is 1. The average Bonchev–Trinajstić information content (AvgIpc) is 3.19. The van der Waals surface area contributed by atoms with E-state index in [9.17, 15) is 4.79 Å². The van der Waals surface area contributed by atoms with Gasteiger partial charge in [-0.05, 0) is 12.8 Å². The molecule has 3 N–H and O–H groups in total. The smallest absolute Gasteiger partial charge is 0.230 e. The third kappa shape index (κ3) is 3.14. The molecule has 0 aliphatic heterocycles. The van der Waals surface area contributed by atoms with Crippen LogP contribution >= 0.6 is 11.8 Å². The number of nitrogen functional groups attached to an aromatic ring is 1. The highest BCUT2D eigenvalue weighted by Gasteiger charge is 2.23. The molecule has 3 rings (SSSR count). The van der Waals surface area contributed by atoms with Crippen LogP contribution < -0.4 is 11.2 Å². The Bertz CT molecular complexity index is 607. The van der Waals surface area contributed by atoms with Gasteiger partial charge in [-0.25, -0.2) is 9.66 Å². The molecule has 5 nitrogen and oxygen atoms in total. The van der Waals surface area contributed by atoms with E-state index in [0.717, 1.165) is 24.1 Å². The van der Waals surface area contributed by atoms with Crippen molar-refractivity contribution in [2.75, 3.05) is 11.6 Å². The number of nitrogens with one attached hydrogen (secondary N) is 1. The van der Waals surface area contributed by atoms with E-state index in [1.165, 1.54) is 16.4 Å². The zero-order valence-electron chi connectivity index (χ0n) is 11.0. The Kier molecular flexibility index (Phi) is 3.64. The van der Waals surface area contributed by atoms with Crippen molar-refractivity contribution >= 4 is 17.7 Å². The van der Waals surface area contributed by atoms with Crippen molar-refractivity contribution in [2.45, 2.75) is 24.0 Å². The maximum atomic E-state index is 11.6. The second-order valence-electron chi connectivity index (χ2n) is 4.81. The Hall–Kier alpha value is -1.95. The number of benzene rings is 1. The summed E-state index contributed by atoms with van der Waals surface area (Å²) in [5.74, 6) is 6.27. The van der Waals surface area contributed by atoms with Crippen molar-refractivity contribution in [1.82, 2.24) is 15.0 Å². The first-order chi connectivity index (χ1) is 9.72. The van der Waals surface area contributed by atoms with Crippen LogP contribution in [0.5, 0.6) is 0 Å². The normalized spacial score (nSPS) is 14.2. The summed E-state index contributed by atoms with van der Waals surface area (Å²) in [5.41, 5.74) is 1.83. The maximum Gasteiger partial charge on any atom is 0.230 e. The summed E-state index contributed by atoms with van der Waals surface area (Å²) in [6, 6.07) is 10.2. The monoisotopic (exact) mass is 288 g/mol. The molecule has 1 amide bonds. The third-order valence-corrected chi connectivity index (χ3v) is 4.01.